The van der Waals surface area contributed by atoms with Crippen LogP contribution in [0.4, 0.5) is 14.5 Å². The molecule has 0 aliphatic heterocycles. The third kappa shape index (κ3) is 5.20. The van der Waals surface area contributed by atoms with Crippen LogP contribution in [0.25, 0.3) is 0 Å². The van der Waals surface area contributed by atoms with Gasteiger partial charge >= 0.3 is 0 Å². The van der Waals surface area contributed by atoms with Crippen LogP contribution in [0, 0.1) is 11.6 Å². The minimum absolute atomic E-state index is 0.0308. The largest absolute Gasteiger partial charge is 0.392 e. The van der Waals surface area contributed by atoms with Crippen LogP contribution in [0.2, 0.25) is 0 Å². The van der Waals surface area contributed by atoms with Gasteiger partial charge in [0, 0.05) is 18.3 Å². The van der Waals surface area contributed by atoms with Crippen LogP contribution >= 0.6 is 0 Å². The molecule has 0 heterocycles. The van der Waals surface area contributed by atoms with Gasteiger partial charge in [-0.25, -0.2) is 8.78 Å². The minimum Gasteiger partial charge on any atom is -0.392 e. The Bertz CT molecular complexity index is 404. The van der Waals surface area contributed by atoms with E-state index in [0.29, 0.717) is 6.54 Å². The Morgan fingerprint density at radius 2 is 1.94 bits per heavy atom. The topological polar surface area (TPSA) is 52.6 Å². The smallest absolute Gasteiger partial charge is 0.238 e. The van der Waals surface area contributed by atoms with Crippen LogP contribution in [0.3, 0.4) is 0 Å². The van der Waals surface area contributed by atoms with Crippen molar-refractivity contribution < 1.29 is 18.7 Å². The van der Waals surface area contributed by atoms with E-state index in [4.69, 9.17) is 5.11 Å². The molecule has 100 valence electrons. The van der Waals surface area contributed by atoms with E-state index in [0.717, 1.165) is 18.2 Å². The summed E-state index contributed by atoms with van der Waals surface area (Å²) in [6.45, 7) is 1.98. The molecule has 1 rings (SSSR count). The fraction of sp³-hybridized carbons (Fsp3) is 0.417. The highest BCUT2D eigenvalue weighted by molar-refractivity contribution is 5.92. The number of nitrogens with one attached hydrogen (secondary N) is 1. The van der Waals surface area contributed by atoms with Crippen LogP contribution in [0.5, 0.6) is 0 Å². The Labute approximate surface area is 104 Å². The van der Waals surface area contributed by atoms with Crippen LogP contribution in [0.15, 0.2) is 18.2 Å². The second kappa shape index (κ2) is 6.42. The van der Waals surface area contributed by atoms with Crippen LogP contribution in [-0.4, -0.2) is 42.2 Å². The number of rotatable bonds is 5. The van der Waals surface area contributed by atoms with Crippen molar-refractivity contribution >= 4 is 11.6 Å². The van der Waals surface area contributed by atoms with Gasteiger partial charge in [-0.05, 0) is 26.1 Å². The molecule has 0 aliphatic carbocycles. The molecule has 0 aliphatic rings. The average Bonchev–Trinajstić information content (AvgIpc) is 2.12. The first kappa shape index (κ1) is 14.5. The molecule has 6 heteroatoms. The van der Waals surface area contributed by atoms with E-state index >= 15 is 0 Å². The number of likely N-dealkylation sites (N-methyl/N-ethyl adjacent to an activating group) is 1. The highest BCUT2D eigenvalue weighted by atomic mass is 19.1. The molecule has 0 fully saturated rings. The van der Waals surface area contributed by atoms with Gasteiger partial charge in [0.1, 0.15) is 11.6 Å². The highest BCUT2D eigenvalue weighted by Crippen LogP contribution is 2.12. The van der Waals surface area contributed by atoms with Gasteiger partial charge < -0.3 is 10.4 Å². The van der Waals surface area contributed by atoms with Crippen LogP contribution in [0.1, 0.15) is 6.92 Å². The van der Waals surface area contributed by atoms with Gasteiger partial charge in [-0.15, -0.1) is 0 Å². The third-order valence-electron chi connectivity index (χ3n) is 2.14. The van der Waals surface area contributed by atoms with Gasteiger partial charge in [0.05, 0.1) is 12.6 Å². The maximum absolute atomic E-state index is 12.9. The highest BCUT2D eigenvalue weighted by Gasteiger charge is 2.10. The molecule has 2 N–H and O–H groups in total. The van der Waals surface area contributed by atoms with Crippen molar-refractivity contribution in [2.24, 2.45) is 0 Å². The molecule has 4 nitrogen and oxygen atoms in total. The normalized spacial score (nSPS) is 12.6. The minimum atomic E-state index is -0.748. The van der Waals surface area contributed by atoms with E-state index in [1.165, 1.54) is 0 Å². The van der Waals surface area contributed by atoms with E-state index in [-0.39, 0.29) is 12.2 Å². The first-order valence-electron chi connectivity index (χ1n) is 5.49. The third-order valence-corrected chi connectivity index (χ3v) is 2.14. The van der Waals surface area contributed by atoms with Crippen molar-refractivity contribution in [3.63, 3.8) is 0 Å². The Balaban J connectivity index is 2.54. The quantitative estimate of drug-likeness (QED) is 0.835. The maximum atomic E-state index is 12.9. The number of aliphatic hydroxyl groups is 1. The van der Waals surface area contributed by atoms with Gasteiger partial charge in [0.25, 0.3) is 0 Å². The van der Waals surface area contributed by atoms with Crippen LogP contribution < -0.4 is 5.32 Å². The lowest BCUT2D eigenvalue weighted by atomic mass is 10.3. The Kier molecular flexibility index (Phi) is 5.18. The molecule has 1 unspecified atom stereocenters. The summed E-state index contributed by atoms with van der Waals surface area (Å²) in [6, 6.07) is 2.81. The molecule has 1 aromatic carbocycles. The Morgan fingerprint density at radius 3 is 2.44 bits per heavy atom. The molecule has 1 aromatic rings. The number of anilines is 1. The van der Waals surface area contributed by atoms with Crippen LogP contribution in [-0.2, 0) is 4.79 Å². The van der Waals surface area contributed by atoms with Gasteiger partial charge in [-0.3, -0.25) is 9.69 Å². The Morgan fingerprint density at radius 1 is 1.39 bits per heavy atom. The summed E-state index contributed by atoms with van der Waals surface area (Å²) in [4.78, 5) is 13.2. The summed E-state index contributed by atoms with van der Waals surface area (Å²) < 4.78 is 25.8. The van der Waals surface area contributed by atoms with Gasteiger partial charge in [0.2, 0.25) is 5.91 Å². The fourth-order valence-electron chi connectivity index (χ4n) is 1.59. The summed E-state index contributed by atoms with van der Waals surface area (Å²) in [5, 5.41) is 11.5. The van der Waals surface area contributed by atoms with E-state index in [1.54, 1.807) is 18.9 Å². The molecule has 0 aromatic heterocycles. The van der Waals surface area contributed by atoms with Crippen molar-refractivity contribution in [3.05, 3.63) is 29.8 Å². The zero-order valence-corrected chi connectivity index (χ0v) is 10.3. The predicted molar refractivity (Wildman–Crippen MR) is 64.2 cm³/mol. The molecule has 0 saturated carbocycles. The molecular weight excluding hydrogens is 242 g/mol. The van der Waals surface area contributed by atoms with Crippen molar-refractivity contribution in [1.29, 1.82) is 0 Å². The van der Waals surface area contributed by atoms with Crippen molar-refractivity contribution in [1.82, 2.24) is 4.90 Å². The number of halogens is 2. The molecule has 0 bridgehead atoms. The van der Waals surface area contributed by atoms with Crippen molar-refractivity contribution in [2.75, 3.05) is 25.5 Å². The average molecular weight is 258 g/mol. The lowest BCUT2D eigenvalue weighted by Gasteiger charge is -2.17. The number of benzene rings is 1. The summed E-state index contributed by atoms with van der Waals surface area (Å²) in [6.07, 6.45) is -0.547. The SMILES string of the molecule is CC(O)CN(C)CC(=O)Nc1cc(F)cc(F)c1. The zero-order chi connectivity index (χ0) is 13.7. The molecular formula is C12H16F2N2O2. The first-order valence-corrected chi connectivity index (χ1v) is 5.49. The van der Waals surface area contributed by atoms with Crippen molar-refractivity contribution in [2.45, 2.75) is 13.0 Å². The summed E-state index contributed by atoms with van der Waals surface area (Å²) in [5.74, 6) is -1.89. The number of nitrogens with zero attached hydrogens (tertiary/aromatic N) is 1. The number of hydrogen-bond donors (Lipinski definition) is 2. The zero-order valence-electron chi connectivity index (χ0n) is 10.3. The van der Waals surface area contributed by atoms with E-state index in [1.807, 2.05) is 0 Å². The summed E-state index contributed by atoms with van der Waals surface area (Å²) in [5.41, 5.74) is 0.0722. The molecule has 1 atom stereocenters. The predicted octanol–water partition coefficient (Wildman–Crippen LogP) is 1.22. The Hall–Kier alpha value is -1.53. The van der Waals surface area contributed by atoms with E-state index < -0.39 is 23.6 Å². The summed E-state index contributed by atoms with van der Waals surface area (Å²) >= 11 is 0. The van der Waals surface area contributed by atoms with Gasteiger partial charge in [-0.2, -0.15) is 0 Å². The van der Waals surface area contributed by atoms with Gasteiger partial charge in [0.15, 0.2) is 0 Å². The molecule has 18 heavy (non-hydrogen) atoms. The lowest BCUT2D eigenvalue weighted by molar-refractivity contribution is -0.117. The number of hydrogen-bond acceptors (Lipinski definition) is 3. The molecule has 1 amide bonds. The molecule has 0 spiro atoms. The first-order chi connectivity index (χ1) is 8.36. The number of aliphatic hydroxyl groups excluding tert-OH is 1. The second-order valence-corrected chi connectivity index (χ2v) is 4.25. The maximum Gasteiger partial charge on any atom is 0.238 e. The standard InChI is InChI=1S/C12H16F2N2O2/c1-8(17)6-16(2)7-12(18)15-11-4-9(13)3-10(14)5-11/h3-5,8,17H,6-7H2,1-2H3,(H,15,18). The number of amides is 1. The number of carbonyl (C=O) groups is 1. The molecule has 0 radical (unpaired) electrons. The van der Waals surface area contributed by atoms with Gasteiger partial charge in [-0.1, -0.05) is 0 Å². The van der Waals surface area contributed by atoms with E-state index in [2.05, 4.69) is 5.32 Å². The second-order valence-electron chi connectivity index (χ2n) is 4.25. The summed E-state index contributed by atoms with van der Waals surface area (Å²) in [7, 11) is 1.67. The molecule has 0 saturated heterocycles. The van der Waals surface area contributed by atoms with Crippen molar-refractivity contribution in [3.8, 4) is 0 Å². The monoisotopic (exact) mass is 258 g/mol. The number of carbonyl (C=O) groups excluding carboxylic acids is 1. The van der Waals surface area contributed by atoms with E-state index in [9.17, 15) is 13.6 Å². The lowest BCUT2D eigenvalue weighted by Crippen LogP contribution is -2.34. The fourth-order valence-corrected chi connectivity index (χ4v) is 1.59.